The highest BCUT2D eigenvalue weighted by molar-refractivity contribution is 5.93. The summed E-state index contributed by atoms with van der Waals surface area (Å²) in [5, 5.41) is 5.98. The van der Waals surface area contributed by atoms with E-state index >= 15 is 0 Å². The number of aromatic nitrogens is 1. The maximum absolute atomic E-state index is 4.12. The molecule has 0 spiro atoms. The summed E-state index contributed by atoms with van der Waals surface area (Å²) in [6.07, 6.45) is 3.68. The molecule has 0 aliphatic rings. The summed E-state index contributed by atoms with van der Waals surface area (Å²) in [7, 11) is 0. The lowest BCUT2D eigenvalue weighted by atomic mass is 10.1. The first-order valence-corrected chi connectivity index (χ1v) is 6.04. The molecule has 88 valence electrons. The first kappa shape index (κ1) is 10.8. The molecule has 3 rings (SSSR count). The van der Waals surface area contributed by atoms with Gasteiger partial charge in [-0.1, -0.05) is 42.5 Å². The van der Waals surface area contributed by atoms with Crippen LogP contribution >= 0.6 is 0 Å². The van der Waals surface area contributed by atoms with Crippen LogP contribution in [-0.2, 0) is 6.54 Å². The van der Waals surface area contributed by atoms with E-state index in [-0.39, 0.29) is 0 Å². The highest BCUT2D eigenvalue weighted by Gasteiger charge is 1.99. The lowest BCUT2D eigenvalue weighted by Crippen LogP contribution is -1.99. The molecule has 0 radical (unpaired) electrons. The van der Waals surface area contributed by atoms with Crippen molar-refractivity contribution in [2.75, 3.05) is 5.32 Å². The highest BCUT2D eigenvalue weighted by atomic mass is 14.9. The van der Waals surface area contributed by atoms with E-state index in [2.05, 4.69) is 58.8 Å². The monoisotopic (exact) mass is 234 g/mol. The number of hydrogen-bond donors (Lipinski definition) is 1. The Morgan fingerprint density at radius 2 is 1.78 bits per heavy atom. The van der Waals surface area contributed by atoms with Crippen molar-refractivity contribution in [1.82, 2.24) is 4.98 Å². The third-order valence-corrected chi connectivity index (χ3v) is 3.00. The molecule has 2 aromatic carbocycles. The van der Waals surface area contributed by atoms with Gasteiger partial charge in [0.1, 0.15) is 0 Å². The summed E-state index contributed by atoms with van der Waals surface area (Å²) in [6.45, 7) is 0.793. The lowest BCUT2D eigenvalue weighted by Gasteiger charge is -2.09. The summed E-state index contributed by atoms with van der Waals surface area (Å²) in [6, 6.07) is 18.7. The van der Waals surface area contributed by atoms with Crippen molar-refractivity contribution in [3.8, 4) is 0 Å². The van der Waals surface area contributed by atoms with Gasteiger partial charge < -0.3 is 5.32 Å². The van der Waals surface area contributed by atoms with Crippen molar-refractivity contribution in [3.63, 3.8) is 0 Å². The van der Waals surface area contributed by atoms with Crippen LogP contribution in [0, 0.1) is 0 Å². The Hall–Kier alpha value is -2.35. The van der Waals surface area contributed by atoms with E-state index < -0.39 is 0 Å². The number of benzene rings is 2. The molecule has 0 atom stereocenters. The number of nitrogens with one attached hydrogen (secondary N) is 1. The van der Waals surface area contributed by atoms with Gasteiger partial charge in [-0.15, -0.1) is 0 Å². The number of hydrogen-bond acceptors (Lipinski definition) is 2. The minimum Gasteiger partial charge on any atom is -0.380 e. The Balaban J connectivity index is 1.87. The van der Waals surface area contributed by atoms with E-state index in [1.165, 1.54) is 16.3 Å². The fraction of sp³-hybridized carbons (Fsp3) is 0.0625. The van der Waals surface area contributed by atoms with Crippen molar-refractivity contribution < 1.29 is 0 Å². The molecule has 0 aliphatic heterocycles. The zero-order valence-electron chi connectivity index (χ0n) is 10.0. The summed E-state index contributed by atoms with van der Waals surface area (Å²) in [4.78, 5) is 4.12. The molecule has 18 heavy (non-hydrogen) atoms. The van der Waals surface area contributed by atoms with Gasteiger partial charge in [0.25, 0.3) is 0 Å². The van der Waals surface area contributed by atoms with Gasteiger partial charge in [-0.25, -0.2) is 0 Å². The molecule has 2 nitrogen and oxygen atoms in total. The standard InChI is InChI=1S/C16H14N2/c1-2-8-15-14(6-1)7-3-9-16(15)18-12-13-5-4-10-17-11-13/h1-11,18H,12H2. The molecule has 0 saturated carbocycles. The van der Waals surface area contributed by atoms with E-state index in [1.807, 2.05) is 12.3 Å². The predicted molar refractivity (Wildman–Crippen MR) is 75.5 cm³/mol. The zero-order chi connectivity index (χ0) is 12.2. The highest BCUT2D eigenvalue weighted by Crippen LogP contribution is 2.23. The second kappa shape index (κ2) is 4.88. The summed E-state index contributed by atoms with van der Waals surface area (Å²) >= 11 is 0. The van der Waals surface area contributed by atoms with Crippen LogP contribution in [0.15, 0.2) is 67.0 Å². The third-order valence-electron chi connectivity index (χ3n) is 3.00. The van der Waals surface area contributed by atoms with Crippen LogP contribution in [0.1, 0.15) is 5.56 Å². The number of nitrogens with zero attached hydrogens (tertiary/aromatic N) is 1. The smallest absolute Gasteiger partial charge is 0.0422 e. The number of pyridine rings is 1. The Labute approximate surface area is 106 Å². The van der Waals surface area contributed by atoms with Crippen LogP contribution in [0.5, 0.6) is 0 Å². The SMILES string of the molecule is c1cncc(CNc2cccc3ccccc23)c1. The normalized spacial score (nSPS) is 10.4. The molecule has 1 N–H and O–H groups in total. The van der Waals surface area contributed by atoms with E-state index in [0.29, 0.717) is 0 Å². The summed E-state index contributed by atoms with van der Waals surface area (Å²) < 4.78 is 0. The van der Waals surface area contributed by atoms with Crippen LogP contribution < -0.4 is 5.32 Å². The molecular formula is C16H14N2. The van der Waals surface area contributed by atoms with Gasteiger partial charge in [-0.3, -0.25) is 4.98 Å². The van der Waals surface area contributed by atoms with Gasteiger partial charge in [-0.05, 0) is 23.1 Å². The molecule has 0 amide bonds. The topological polar surface area (TPSA) is 24.9 Å². The first-order chi connectivity index (χ1) is 8.93. The minimum absolute atomic E-state index is 0.793. The molecule has 1 heterocycles. The van der Waals surface area contributed by atoms with Crippen molar-refractivity contribution >= 4 is 16.5 Å². The molecule has 1 aromatic heterocycles. The summed E-state index contributed by atoms with van der Waals surface area (Å²) in [5.74, 6) is 0. The van der Waals surface area contributed by atoms with Crippen LogP contribution in [0.25, 0.3) is 10.8 Å². The fourth-order valence-corrected chi connectivity index (χ4v) is 2.08. The van der Waals surface area contributed by atoms with Crippen LogP contribution in [0.4, 0.5) is 5.69 Å². The molecular weight excluding hydrogens is 220 g/mol. The Morgan fingerprint density at radius 1 is 0.889 bits per heavy atom. The maximum atomic E-state index is 4.12. The Bertz CT molecular complexity index is 642. The third kappa shape index (κ3) is 2.18. The van der Waals surface area contributed by atoms with Crippen LogP contribution in [-0.4, -0.2) is 4.98 Å². The lowest BCUT2D eigenvalue weighted by molar-refractivity contribution is 1.12. The second-order valence-electron chi connectivity index (χ2n) is 4.24. The van der Waals surface area contributed by atoms with Crippen molar-refractivity contribution in [1.29, 1.82) is 0 Å². The van der Waals surface area contributed by atoms with Gasteiger partial charge in [0.05, 0.1) is 0 Å². The molecule has 0 aliphatic carbocycles. The molecule has 0 fully saturated rings. The van der Waals surface area contributed by atoms with Crippen LogP contribution in [0.2, 0.25) is 0 Å². The van der Waals surface area contributed by atoms with E-state index in [1.54, 1.807) is 6.20 Å². The fourth-order valence-electron chi connectivity index (χ4n) is 2.08. The number of anilines is 1. The zero-order valence-corrected chi connectivity index (χ0v) is 10.0. The number of fused-ring (bicyclic) bond motifs is 1. The van der Waals surface area contributed by atoms with Gasteiger partial charge in [0.2, 0.25) is 0 Å². The quantitative estimate of drug-likeness (QED) is 0.744. The van der Waals surface area contributed by atoms with E-state index in [9.17, 15) is 0 Å². The van der Waals surface area contributed by atoms with Crippen molar-refractivity contribution in [3.05, 3.63) is 72.6 Å². The van der Waals surface area contributed by atoms with Crippen molar-refractivity contribution in [2.24, 2.45) is 0 Å². The van der Waals surface area contributed by atoms with E-state index in [0.717, 1.165) is 12.2 Å². The van der Waals surface area contributed by atoms with Gasteiger partial charge in [0.15, 0.2) is 0 Å². The molecule has 0 saturated heterocycles. The Kier molecular flexibility index (Phi) is 2.92. The molecule has 2 heteroatoms. The Morgan fingerprint density at radius 3 is 2.67 bits per heavy atom. The van der Waals surface area contributed by atoms with Gasteiger partial charge in [-0.2, -0.15) is 0 Å². The maximum Gasteiger partial charge on any atom is 0.0422 e. The number of rotatable bonds is 3. The average Bonchev–Trinajstić information content (AvgIpc) is 2.46. The van der Waals surface area contributed by atoms with Crippen molar-refractivity contribution in [2.45, 2.75) is 6.54 Å². The second-order valence-corrected chi connectivity index (χ2v) is 4.24. The predicted octanol–water partition coefficient (Wildman–Crippen LogP) is 3.85. The molecule has 0 unspecified atom stereocenters. The summed E-state index contributed by atoms with van der Waals surface area (Å²) in [5.41, 5.74) is 2.35. The average molecular weight is 234 g/mol. The molecule has 0 bridgehead atoms. The van der Waals surface area contributed by atoms with Gasteiger partial charge >= 0.3 is 0 Å². The van der Waals surface area contributed by atoms with Gasteiger partial charge in [0, 0.05) is 30.0 Å². The molecule has 3 aromatic rings. The first-order valence-electron chi connectivity index (χ1n) is 6.04. The minimum atomic E-state index is 0.793. The van der Waals surface area contributed by atoms with Crippen LogP contribution in [0.3, 0.4) is 0 Å². The van der Waals surface area contributed by atoms with E-state index in [4.69, 9.17) is 0 Å². The largest absolute Gasteiger partial charge is 0.380 e.